The number of hydrazine groups is 1. The van der Waals surface area contributed by atoms with Gasteiger partial charge in [0.1, 0.15) is 5.60 Å². The predicted octanol–water partition coefficient (Wildman–Crippen LogP) is 0.999. The first-order valence-corrected chi connectivity index (χ1v) is 5.19. The van der Waals surface area contributed by atoms with Gasteiger partial charge in [0.05, 0.1) is 0 Å². The second-order valence-corrected chi connectivity index (χ2v) is 4.90. The van der Waals surface area contributed by atoms with Crippen molar-refractivity contribution in [3.05, 3.63) is 0 Å². The van der Waals surface area contributed by atoms with Gasteiger partial charge in [0, 0.05) is 12.6 Å². The van der Waals surface area contributed by atoms with Crippen molar-refractivity contribution in [3.63, 3.8) is 0 Å². The second kappa shape index (κ2) is 5.92. The molecule has 0 saturated heterocycles. The number of ether oxygens (including phenoxy) is 1. The highest BCUT2D eigenvalue weighted by molar-refractivity contribution is 5.68. The number of carbonyl (C=O) groups excluding carboxylic acids is 1. The molecule has 0 aromatic rings. The Morgan fingerprint density at radius 3 is 2.27 bits per heavy atom. The van der Waals surface area contributed by atoms with Crippen LogP contribution in [0.15, 0.2) is 0 Å². The highest BCUT2D eigenvalue weighted by Crippen LogP contribution is 2.08. The van der Waals surface area contributed by atoms with E-state index in [1.807, 2.05) is 34.6 Å². The third kappa shape index (κ3) is 7.16. The highest BCUT2D eigenvalue weighted by atomic mass is 16.6. The van der Waals surface area contributed by atoms with E-state index in [0.29, 0.717) is 12.5 Å². The molecule has 0 saturated carbocycles. The van der Waals surface area contributed by atoms with Gasteiger partial charge in [-0.05, 0) is 26.7 Å². The van der Waals surface area contributed by atoms with E-state index < -0.39 is 11.7 Å². The Bertz CT molecular complexity index is 199. The average molecular weight is 217 g/mol. The molecule has 0 bridgehead atoms. The zero-order chi connectivity index (χ0) is 12.1. The standard InChI is InChI=1S/C10H23N3O2/c1-7(2)8(6-12-11)13-9(14)15-10(3,4)5/h7-8,12H,6,11H2,1-5H3,(H,13,14). The monoisotopic (exact) mass is 217 g/mol. The van der Waals surface area contributed by atoms with Crippen molar-refractivity contribution in [2.75, 3.05) is 6.54 Å². The van der Waals surface area contributed by atoms with Crippen LogP contribution in [-0.2, 0) is 4.74 Å². The molecule has 0 aliphatic heterocycles. The summed E-state index contributed by atoms with van der Waals surface area (Å²) < 4.78 is 5.15. The molecule has 0 radical (unpaired) electrons. The van der Waals surface area contributed by atoms with Gasteiger partial charge in [-0.1, -0.05) is 13.8 Å². The zero-order valence-corrected chi connectivity index (χ0v) is 10.3. The molecular weight excluding hydrogens is 194 g/mol. The van der Waals surface area contributed by atoms with E-state index in [2.05, 4.69) is 10.7 Å². The van der Waals surface area contributed by atoms with E-state index in [9.17, 15) is 4.79 Å². The third-order valence-corrected chi connectivity index (χ3v) is 1.84. The summed E-state index contributed by atoms with van der Waals surface area (Å²) in [6, 6.07) is -0.0233. The summed E-state index contributed by atoms with van der Waals surface area (Å²) in [6.45, 7) is 10.0. The molecule has 4 N–H and O–H groups in total. The number of rotatable bonds is 4. The fourth-order valence-electron chi connectivity index (χ4n) is 1.04. The first kappa shape index (κ1) is 14.2. The number of nitrogens with one attached hydrogen (secondary N) is 2. The van der Waals surface area contributed by atoms with E-state index >= 15 is 0 Å². The van der Waals surface area contributed by atoms with Gasteiger partial charge in [-0.3, -0.25) is 11.3 Å². The lowest BCUT2D eigenvalue weighted by Crippen LogP contribution is -2.48. The maximum atomic E-state index is 11.4. The van der Waals surface area contributed by atoms with Crippen molar-refractivity contribution in [1.82, 2.24) is 10.7 Å². The molecule has 0 aliphatic rings. The van der Waals surface area contributed by atoms with Crippen LogP contribution in [0, 0.1) is 5.92 Å². The van der Waals surface area contributed by atoms with Crippen LogP contribution in [0.25, 0.3) is 0 Å². The molecule has 5 heteroatoms. The van der Waals surface area contributed by atoms with Crippen LogP contribution in [0.5, 0.6) is 0 Å². The lowest BCUT2D eigenvalue weighted by Gasteiger charge is -2.25. The van der Waals surface area contributed by atoms with Crippen molar-refractivity contribution in [3.8, 4) is 0 Å². The van der Waals surface area contributed by atoms with Gasteiger partial charge >= 0.3 is 6.09 Å². The van der Waals surface area contributed by atoms with Gasteiger partial charge < -0.3 is 10.1 Å². The number of hydrogen-bond donors (Lipinski definition) is 3. The quantitative estimate of drug-likeness (QED) is 0.485. The first-order valence-electron chi connectivity index (χ1n) is 5.19. The average Bonchev–Trinajstić information content (AvgIpc) is 1.99. The lowest BCUT2D eigenvalue weighted by molar-refractivity contribution is 0.0490. The molecule has 0 heterocycles. The summed E-state index contributed by atoms with van der Waals surface area (Å²) >= 11 is 0. The normalized spacial score (nSPS) is 13.8. The van der Waals surface area contributed by atoms with Gasteiger partial charge in [-0.2, -0.15) is 0 Å². The van der Waals surface area contributed by atoms with Crippen molar-refractivity contribution in [2.45, 2.75) is 46.3 Å². The molecule has 0 fully saturated rings. The molecular formula is C10H23N3O2. The third-order valence-electron chi connectivity index (χ3n) is 1.84. The molecule has 90 valence electrons. The van der Waals surface area contributed by atoms with Crippen LogP contribution in [0.3, 0.4) is 0 Å². The van der Waals surface area contributed by atoms with Crippen LogP contribution in [0.2, 0.25) is 0 Å². The van der Waals surface area contributed by atoms with Gasteiger partial charge in [0.15, 0.2) is 0 Å². The maximum absolute atomic E-state index is 11.4. The Hall–Kier alpha value is -0.810. The van der Waals surface area contributed by atoms with Crippen molar-refractivity contribution in [2.24, 2.45) is 11.8 Å². The van der Waals surface area contributed by atoms with Crippen LogP contribution >= 0.6 is 0 Å². The predicted molar refractivity (Wildman–Crippen MR) is 60.2 cm³/mol. The molecule has 0 aromatic heterocycles. The smallest absolute Gasteiger partial charge is 0.407 e. The molecule has 0 aromatic carbocycles. The van der Waals surface area contributed by atoms with Gasteiger partial charge in [-0.15, -0.1) is 0 Å². The lowest BCUT2D eigenvalue weighted by atomic mass is 10.1. The Morgan fingerprint density at radius 2 is 1.93 bits per heavy atom. The minimum absolute atomic E-state index is 0.0233. The fourth-order valence-corrected chi connectivity index (χ4v) is 1.04. The number of alkyl carbamates (subject to hydrolysis) is 1. The van der Waals surface area contributed by atoms with Gasteiger partial charge in [0.2, 0.25) is 0 Å². The van der Waals surface area contributed by atoms with Gasteiger partial charge in [0.25, 0.3) is 0 Å². The molecule has 1 unspecified atom stereocenters. The van der Waals surface area contributed by atoms with Crippen LogP contribution < -0.4 is 16.6 Å². The molecule has 5 nitrogen and oxygen atoms in total. The highest BCUT2D eigenvalue weighted by Gasteiger charge is 2.20. The van der Waals surface area contributed by atoms with Crippen LogP contribution in [0.1, 0.15) is 34.6 Å². The molecule has 15 heavy (non-hydrogen) atoms. The summed E-state index contributed by atoms with van der Waals surface area (Å²) in [5.74, 6) is 5.53. The van der Waals surface area contributed by atoms with Crippen molar-refractivity contribution < 1.29 is 9.53 Å². The van der Waals surface area contributed by atoms with Crippen molar-refractivity contribution >= 4 is 6.09 Å². The van der Waals surface area contributed by atoms with Crippen LogP contribution in [-0.4, -0.2) is 24.3 Å². The van der Waals surface area contributed by atoms with E-state index in [0.717, 1.165) is 0 Å². The molecule has 0 rings (SSSR count). The zero-order valence-electron chi connectivity index (χ0n) is 10.3. The molecule has 1 atom stereocenters. The molecule has 1 amide bonds. The summed E-state index contributed by atoms with van der Waals surface area (Å²) in [4.78, 5) is 11.4. The van der Waals surface area contributed by atoms with Crippen LogP contribution in [0.4, 0.5) is 4.79 Å². The number of hydrogen-bond acceptors (Lipinski definition) is 4. The summed E-state index contributed by atoms with van der Waals surface area (Å²) in [5, 5.41) is 2.77. The van der Waals surface area contributed by atoms with E-state index in [1.54, 1.807) is 0 Å². The summed E-state index contributed by atoms with van der Waals surface area (Å²) in [6.07, 6.45) is -0.406. The Kier molecular flexibility index (Phi) is 5.60. The number of carbonyl (C=O) groups is 1. The topological polar surface area (TPSA) is 76.4 Å². The fraction of sp³-hybridized carbons (Fsp3) is 0.900. The Morgan fingerprint density at radius 1 is 1.40 bits per heavy atom. The molecule has 0 spiro atoms. The SMILES string of the molecule is CC(C)C(CNN)NC(=O)OC(C)(C)C. The Balaban J connectivity index is 4.11. The van der Waals surface area contributed by atoms with Crippen molar-refractivity contribution in [1.29, 1.82) is 0 Å². The largest absolute Gasteiger partial charge is 0.444 e. The van der Waals surface area contributed by atoms with E-state index in [4.69, 9.17) is 10.6 Å². The number of amides is 1. The molecule has 0 aliphatic carbocycles. The summed E-state index contributed by atoms with van der Waals surface area (Å²) in [5.41, 5.74) is 2.08. The minimum atomic E-state index is -0.470. The van der Waals surface area contributed by atoms with Gasteiger partial charge in [-0.25, -0.2) is 4.79 Å². The first-order chi connectivity index (χ1) is 6.76. The van der Waals surface area contributed by atoms with E-state index in [-0.39, 0.29) is 6.04 Å². The van der Waals surface area contributed by atoms with E-state index in [1.165, 1.54) is 0 Å². The maximum Gasteiger partial charge on any atom is 0.407 e. The number of nitrogens with two attached hydrogens (primary N) is 1. The summed E-state index contributed by atoms with van der Waals surface area (Å²) in [7, 11) is 0. The second-order valence-electron chi connectivity index (χ2n) is 4.90. The Labute approximate surface area is 91.7 Å². The minimum Gasteiger partial charge on any atom is -0.444 e.